The molecule has 1 aliphatic heterocycles. The average Bonchev–Trinajstić information content (AvgIpc) is 2.53. The number of hydrogen-bond acceptors (Lipinski definition) is 5. The Morgan fingerprint density at radius 2 is 2.50 bits per heavy atom. The van der Waals surface area contributed by atoms with Crippen molar-refractivity contribution in [2.45, 2.75) is 26.2 Å². The zero-order valence-electron chi connectivity index (χ0n) is 7.17. The number of hydrazine groups is 2. The Balaban J connectivity index is 2.11. The van der Waals surface area contributed by atoms with Crippen LogP contribution in [0.5, 0.6) is 0 Å². The van der Waals surface area contributed by atoms with Crippen LogP contribution in [0.3, 0.4) is 0 Å². The normalized spacial score (nSPS) is 16.2. The maximum atomic E-state index is 8.30. The van der Waals surface area contributed by atoms with Crippen molar-refractivity contribution in [3.63, 3.8) is 0 Å². The van der Waals surface area contributed by atoms with Gasteiger partial charge in [0, 0.05) is 19.4 Å². The van der Waals surface area contributed by atoms with Crippen LogP contribution in [-0.2, 0) is 0 Å². The van der Waals surface area contributed by atoms with Gasteiger partial charge in [-0.05, 0) is 6.42 Å². The zero-order chi connectivity index (χ0) is 8.81. The van der Waals surface area contributed by atoms with Crippen molar-refractivity contribution in [1.29, 1.82) is 5.26 Å². The number of unbranched alkanes of at least 4 members (excludes halogenated alkanes) is 1. The standard InChI is InChI=1S/C7H13N5/c1-2-7-9-11-12(10-7)6-4-3-5-8/h11H,2-4,6H2,1H3,(H,9,10). The molecule has 0 amide bonds. The van der Waals surface area contributed by atoms with E-state index in [9.17, 15) is 0 Å². The molecule has 0 fully saturated rings. The first-order valence-corrected chi connectivity index (χ1v) is 4.10. The summed E-state index contributed by atoms with van der Waals surface area (Å²) >= 11 is 0. The highest BCUT2D eigenvalue weighted by Crippen LogP contribution is 1.94. The summed E-state index contributed by atoms with van der Waals surface area (Å²) in [5.74, 6) is 0.937. The van der Waals surface area contributed by atoms with E-state index < -0.39 is 0 Å². The molecule has 0 aliphatic carbocycles. The molecule has 0 aromatic carbocycles. The molecule has 2 N–H and O–H groups in total. The van der Waals surface area contributed by atoms with E-state index in [0.29, 0.717) is 6.42 Å². The Labute approximate surface area is 72.0 Å². The van der Waals surface area contributed by atoms with Crippen LogP contribution in [0.1, 0.15) is 26.2 Å². The summed E-state index contributed by atoms with van der Waals surface area (Å²) in [5.41, 5.74) is 5.88. The Hall–Kier alpha value is -1.28. The molecule has 0 spiro atoms. The fraction of sp³-hybridized carbons (Fsp3) is 0.714. The number of amidine groups is 1. The lowest BCUT2D eigenvalue weighted by atomic mass is 10.3. The highest BCUT2D eigenvalue weighted by atomic mass is 15.9. The lowest BCUT2D eigenvalue weighted by Gasteiger charge is -2.13. The lowest BCUT2D eigenvalue weighted by Crippen LogP contribution is -2.41. The highest BCUT2D eigenvalue weighted by molar-refractivity contribution is 5.81. The zero-order valence-corrected chi connectivity index (χ0v) is 7.17. The molecule has 0 saturated carbocycles. The van der Waals surface area contributed by atoms with Crippen LogP contribution < -0.4 is 11.0 Å². The van der Waals surface area contributed by atoms with E-state index in [0.717, 1.165) is 25.2 Å². The Morgan fingerprint density at radius 3 is 3.08 bits per heavy atom. The third-order valence-electron chi connectivity index (χ3n) is 1.57. The fourth-order valence-corrected chi connectivity index (χ4v) is 0.907. The van der Waals surface area contributed by atoms with E-state index in [1.54, 1.807) is 5.12 Å². The molecule has 0 aromatic rings. The Kier molecular flexibility index (Phi) is 3.35. The SMILES string of the molecule is CCC1=NNN(CCCC#N)N1. The Bertz CT molecular complexity index is 204. The van der Waals surface area contributed by atoms with Gasteiger partial charge in [0.2, 0.25) is 0 Å². The van der Waals surface area contributed by atoms with Crippen molar-refractivity contribution in [3.05, 3.63) is 0 Å². The molecule has 0 aromatic heterocycles. The van der Waals surface area contributed by atoms with Gasteiger partial charge in [-0.15, -0.1) is 10.2 Å². The predicted octanol–water partition coefficient (Wildman–Crippen LogP) is 0.338. The monoisotopic (exact) mass is 167 g/mol. The smallest absolute Gasteiger partial charge is 0.139 e. The van der Waals surface area contributed by atoms with Crippen molar-refractivity contribution in [3.8, 4) is 6.07 Å². The highest BCUT2D eigenvalue weighted by Gasteiger charge is 2.10. The third-order valence-corrected chi connectivity index (χ3v) is 1.57. The summed E-state index contributed by atoms with van der Waals surface area (Å²) in [6.45, 7) is 2.83. The molecule has 1 aliphatic rings. The van der Waals surface area contributed by atoms with Gasteiger partial charge in [-0.3, -0.25) is 5.43 Å². The minimum Gasteiger partial charge on any atom is -0.286 e. The molecule has 0 bridgehead atoms. The molecular formula is C7H13N5. The molecule has 5 nitrogen and oxygen atoms in total. The average molecular weight is 167 g/mol. The molecular weight excluding hydrogens is 154 g/mol. The number of nitrogens with zero attached hydrogens (tertiary/aromatic N) is 3. The summed E-state index contributed by atoms with van der Waals surface area (Å²) in [6, 6.07) is 2.10. The molecule has 1 rings (SSSR count). The van der Waals surface area contributed by atoms with Crippen molar-refractivity contribution in [1.82, 2.24) is 16.1 Å². The number of hydrogen-bond donors (Lipinski definition) is 2. The summed E-state index contributed by atoms with van der Waals surface area (Å²) in [4.78, 5) is 0. The minimum atomic E-state index is 0.585. The second kappa shape index (κ2) is 4.57. The third kappa shape index (κ3) is 2.40. The molecule has 1 heterocycles. The fourth-order valence-electron chi connectivity index (χ4n) is 0.907. The topological polar surface area (TPSA) is 63.5 Å². The second-order valence-electron chi connectivity index (χ2n) is 2.54. The summed E-state index contributed by atoms with van der Waals surface area (Å²) in [5, 5.41) is 14.1. The van der Waals surface area contributed by atoms with E-state index in [-0.39, 0.29) is 0 Å². The molecule has 5 heteroatoms. The van der Waals surface area contributed by atoms with Crippen LogP contribution in [0.15, 0.2) is 5.10 Å². The van der Waals surface area contributed by atoms with Crippen LogP contribution in [0.2, 0.25) is 0 Å². The van der Waals surface area contributed by atoms with Gasteiger partial charge < -0.3 is 0 Å². The van der Waals surface area contributed by atoms with Gasteiger partial charge in [-0.1, -0.05) is 6.92 Å². The van der Waals surface area contributed by atoms with Gasteiger partial charge in [0.05, 0.1) is 6.07 Å². The van der Waals surface area contributed by atoms with Crippen LogP contribution in [-0.4, -0.2) is 17.5 Å². The van der Waals surface area contributed by atoms with E-state index in [2.05, 4.69) is 22.1 Å². The molecule has 12 heavy (non-hydrogen) atoms. The summed E-state index contributed by atoms with van der Waals surface area (Å²) < 4.78 is 0. The first kappa shape index (κ1) is 8.81. The number of nitriles is 1. The first-order chi connectivity index (χ1) is 5.86. The first-order valence-electron chi connectivity index (χ1n) is 4.10. The molecule has 0 saturated heterocycles. The molecule has 0 radical (unpaired) electrons. The van der Waals surface area contributed by atoms with Crippen molar-refractivity contribution < 1.29 is 0 Å². The molecule has 66 valence electrons. The maximum absolute atomic E-state index is 8.30. The van der Waals surface area contributed by atoms with Gasteiger partial charge in [0.15, 0.2) is 0 Å². The molecule has 0 atom stereocenters. The predicted molar refractivity (Wildman–Crippen MR) is 45.6 cm³/mol. The van der Waals surface area contributed by atoms with Gasteiger partial charge >= 0.3 is 0 Å². The quantitative estimate of drug-likeness (QED) is 0.592. The van der Waals surface area contributed by atoms with Crippen molar-refractivity contribution >= 4 is 5.84 Å². The van der Waals surface area contributed by atoms with Crippen LogP contribution in [0, 0.1) is 11.3 Å². The van der Waals surface area contributed by atoms with Crippen LogP contribution in [0.4, 0.5) is 0 Å². The van der Waals surface area contributed by atoms with E-state index in [1.165, 1.54) is 0 Å². The van der Waals surface area contributed by atoms with E-state index in [4.69, 9.17) is 5.26 Å². The van der Waals surface area contributed by atoms with Gasteiger partial charge in [-0.2, -0.15) is 5.26 Å². The maximum Gasteiger partial charge on any atom is 0.139 e. The van der Waals surface area contributed by atoms with Crippen molar-refractivity contribution in [2.75, 3.05) is 6.54 Å². The lowest BCUT2D eigenvalue weighted by molar-refractivity contribution is 0.177. The van der Waals surface area contributed by atoms with Gasteiger partial charge in [0.25, 0.3) is 0 Å². The largest absolute Gasteiger partial charge is 0.286 e. The minimum absolute atomic E-state index is 0.585. The summed E-state index contributed by atoms with van der Waals surface area (Å²) in [7, 11) is 0. The van der Waals surface area contributed by atoms with E-state index in [1.807, 2.05) is 6.92 Å². The number of rotatable bonds is 4. The van der Waals surface area contributed by atoms with Crippen LogP contribution in [0.25, 0.3) is 0 Å². The van der Waals surface area contributed by atoms with Crippen LogP contribution >= 0.6 is 0 Å². The summed E-state index contributed by atoms with van der Waals surface area (Å²) in [6.07, 6.45) is 2.33. The van der Waals surface area contributed by atoms with Crippen molar-refractivity contribution in [2.24, 2.45) is 5.10 Å². The second-order valence-corrected chi connectivity index (χ2v) is 2.54. The van der Waals surface area contributed by atoms with E-state index >= 15 is 0 Å². The molecule has 0 unspecified atom stereocenters. The van der Waals surface area contributed by atoms with Gasteiger partial charge in [-0.25, -0.2) is 5.53 Å². The number of hydrazone groups is 1. The Morgan fingerprint density at radius 1 is 1.67 bits per heavy atom. The number of nitrogens with one attached hydrogen (secondary N) is 2. The van der Waals surface area contributed by atoms with Gasteiger partial charge in [0.1, 0.15) is 5.84 Å².